The Balaban J connectivity index is 1.63. The molecule has 138 valence electrons. The first-order chi connectivity index (χ1) is 12.5. The van der Waals surface area contributed by atoms with Crippen LogP contribution in [0.15, 0.2) is 36.4 Å². The molecule has 2 aromatic rings. The Labute approximate surface area is 167 Å². The van der Waals surface area contributed by atoms with Gasteiger partial charge in [-0.2, -0.15) is 0 Å². The van der Waals surface area contributed by atoms with Crippen LogP contribution in [-0.4, -0.2) is 44.2 Å². The lowest BCUT2D eigenvalue weighted by molar-refractivity contribution is 0.208. The summed E-state index contributed by atoms with van der Waals surface area (Å²) in [6.45, 7) is 2.52. The highest BCUT2D eigenvalue weighted by atomic mass is 35.5. The van der Waals surface area contributed by atoms with E-state index in [1.165, 1.54) is 0 Å². The molecule has 0 bridgehead atoms. The summed E-state index contributed by atoms with van der Waals surface area (Å²) in [5, 5.41) is 4.61. The molecule has 26 heavy (non-hydrogen) atoms. The number of methoxy groups -OCH3 is 1. The van der Waals surface area contributed by atoms with E-state index < -0.39 is 0 Å². The largest absolute Gasteiger partial charge is 0.495 e. The van der Waals surface area contributed by atoms with Crippen molar-refractivity contribution in [3.05, 3.63) is 51.5 Å². The van der Waals surface area contributed by atoms with Gasteiger partial charge in [-0.05, 0) is 36.4 Å². The van der Waals surface area contributed by atoms with Gasteiger partial charge in [0, 0.05) is 36.2 Å². The van der Waals surface area contributed by atoms with E-state index in [4.69, 9.17) is 39.5 Å². The predicted molar refractivity (Wildman–Crippen MR) is 107 cm³/mol. The third-order valence-electron chi connectivity index (χ3n) is 4.22. The molecule has 1 N–H and O–H groups in total. The molecule has 0 atom stereocenters. The van der Waals surface area contributed by atoms with E-state index in [1.54, 1.807) is 36.3 Å². The van der Waals surface area contributed by atoms with Gasteiger partial charge in [-0.3, -0.25) is 0 Å². The van der Waals surface area contributed by atoms with Crippen LogP contribution < -0.4 is 15.0 Å². The third-order valence-corrected chi connectivity index (χ3v) is 4.99. The van der Waals surface area contributed by atoms with Gasteiger partial charge in [0.05, 0.1) is 23.5 Å². The summed E-state index contributed by atoms with van der Waals surface area (Å²) < 4.78 is 5.26. The van der Waals surface area contributed by atoms with Crippen LogP contribution in [0.2, 0.25) is 15.1 Å². The fourth-order valence-electron chi connectivity index (χ4n) is 2.86. The van der Waals surface area contributed by atoms with Crippen LogP contribution in [0.25, 0.3) is 0 Å². The van der Waals surface area contributed by atoms with Gasteiger partial charge in [0.2, 0.25) is 0 Å². The first-order valence-corrected chi connectivity index (χ1v) is 9.21. The summed E-state index contributed by atoms with van der Waals surface area (Å²) in [5.74, 6) is 0.564. The second kappa shape index (κ2) is 8.25. The zero-order valence-electron chi connectivity index (χ0n) is 14.1. The maximum atomic E-state index is 12.6. The minimum absolute atomic E-state index is 0.188. The molecule has 0 aliphatic carbocycles. The number of hydrogen-bond donors (Lipinski definition) is 1. The van der Waals surface area contributed by atoms with Gasteiger partial charge in [0.25, 0.3) is 0 Å². The first kappa shape index (κ1) is 19.0. The summed E-state index contributed by atoms with van der Waals surface area (Å²) in [5.41, 5.74) is 1.47. The lowest BCUT2D eigenvalue weighted by Crippen LogP contribution is -2.50. The summed E-state index contributed by atoms with van der Waals surface area (Å²) in [4.78, 5) is 16.4. The molecule has 1 fully saturated rings. The fraction of sp³-hybridized carbons (Fsp3) is 0.278. The summed E-state index contributed by atoms with van der Waals surface area (Å²) >= 11 is 18.2. The van der Waals surface area contributed by atoms with Crippen LogP contribution in [-0.2, 0) is 0 Å². The van der Waals surface area contributed by atoms with Gasteiger partial charge in [-0.1, -0.05) is 34.8 Å². The van der Waals surface area contributed by atoms with Gasteiger partial charge in [-0.25, -0.2) is 4.79 Å². The van der Waals surface area contributed by atoms with Crippen molar-refractivity contribution in [2.45, 2.75) is 0 Å². The maximum Gasteiger partial charge on any atom is 0.322 e. The fourth-order valence-corrected chi connectivity index (χ4v) is 3.56. The van der Waals surface area contributed by atoms with Gasteiger partial charge in [-0.15, -0.1) is 0 Å². The van der Waals surface area contributed by atoms with Crippen molar-refractivity contribution in [1.29, 1.82) is 0 Å². The van der Waals surface area contributed by atoms with Crippen molar-refractivity contribution < 1.29 is 9.53 Å². The SMILES string of the molecule is COc1ccc(Cl)cc1NC(=O)N1CCN(c2ccc(Cl)cc2Cl)CC1. The number of hydrogen-bond acceptors (Lipinski definition) is 3. The van der Waals surface area contributed by atoms with Crippen LogP contribution in [0.3, 0.4) is 0 Å². The number of amides is 2. The Kier molecular flexibility index (Phi) is 6.01. The normalized spacial score (nSPS) is 14.3. The lowest BCUT2D eigenvalue weighted by atomic mass is 10.2. The molecule has 0 aromatic heterocycles. The Morgan fingerprint density at radius 1 is 1.00 bits per heavy atom. The topological polar surface area (TPSA) is 44.8 Å². The minimum atomic E-state index is -0.188. The van der Waals surface area contributed by atoms with Crippen molar-refractivity contribution in [3.63, 3.8) is 0 Å². The first-order valence-electron chi connectivity index (χ1n) is 8.07. The van der Waals surface area contributed by atoms with Gasteiger partial charge in [0.1, 0.15) is 5.75 Å². The summed E-state index contributed by atoms with van der Waals surface area (Å²) in [6, 6.07) is 10.4. The molecule has 0 radical (unpaired) electrons. The number of piperazine rings is 1. The highest BCUT2D eigenvalue weighted by Gasteiger charge is 2.23. The lowest BCUT2D eigenvalue weighted by Gasteiger charge is -2.36. The molecule has 0 unspecified atom stereocenters. The molecule has 1 aliphatic heterocycles. The number of benzene rings is 2. The van der Waals surface area contributed by atoms with E-state index >= 15 is 0 Å². The monoisotopic (exact) mass is 413 g/mol. The molecule has 0 spiro atoms. The van der Waals surface area contributed by atoms with Crippen molar-refractivity contribution in [2.75, 3.05) is 43.5 Å². The van der Waals surface area contributed by atoms with Crippen molar-refractivity contribution in [3.8, 4) is 5.75 Å². The molecule has 1 saturated heterocycles. The minimum Gasteiger partial charge on any atom is -0.495 e. The molecule has 5 nitrogen and oxygen atoms in total. The highest BCUT2D eigenvalue weighted by molar-refractivity contribution is 6.36. The maximum absolute atomic E-state index is 12.6. The van der Waals surface area contributed by atoms with Crippen LogP contribution in [0.4, 0.5) is 16.2 Å². The number of carbonyl (C=O) groups is 1. The van der Waals surface area contributed by atoms with Crippen LogP contribution in [0, 0.1) is 0 Å². The van der Waals surface area contributed by atoms with E-state index in [9.17, 15) is 4.79 Å². The number of rotatable bonds is 3. The molecule has 2 aromatic carbocycles. The second-order valence-corrected chi connectivity index (χ2v) is 7.12. The Morgan fingerprint density at radius 3 is 2.31 bits per heavy atom. The van der Waals surface area contributed by atoms with Crippen LogP contribution in [0.5, 0.6) is 5.75 Å². The number of anilines is 2. The van der Waals surface area contributed by atoms with Gasteiger partial charge in [0.15, 0.2) is 0 Å². The van der Waals surface area contributed by atoms with Crippen molar-refractivity contribution >= 4 is 52.2 Å². The van der Waals surface area contributed by atoms with E-state index in [2.05, 4.69) is 10.2 Å². The second-order valence-electron chi connectivity index (χ2n) is 5.84. The van der Waals surface area contributed by atoms with E-state index in [0.717, 1.165) is 5.69 Å². The molecule has 1 heterocycles. The number of ether oxygens (including phenoxy) is 1. The molecular weight excluding hydrogens is 397 g/mol. The number of nitrogens with zero attached hydrogens (tertiary/aromatic N) is 2. The van der Waals surface area contributed by atoms with Crippen LogP contribution in [0.1, 0.15) is 0 Å². The van der Waals surface area contributed by atoms with E-state index in [1.807, 2.05) is 12.1 Å². The summed E-state index contributed by atoms with van der Waals surface area (Å²) in [7, 11) is 1.55. The molecule has 1 aliphatic rings. The standard InChI is InChI=1S/C18H18Cl3N3O2/c1-26-17-5-3-13(20)11-15(17)22-18(25)24-8-6-23(7-9-24)16-4-2-12(19)10-14(16)21/h2-5,10-11H,6-9H2,1H3,(H,22,25). The predicted octanol–water partition coefficient (Wildman–Crippen LogP) is 5.01. The smallest absolute Gasteiger partial charge is 0.322 e. The number of urea groups is 1. The van der Waals surface area contributed by atoms with Gasteiger partial charge < -0.3 is 19.9 Å². The van der Waals surface area contributed by atoms with Crippen molar-refractivity contribution in [2.24, 2.45) is 0 Å². The average Bonchev–Trinajstić information content (AvgIpc) is 2.62. The zero-order valence-corrected chi connectivity index (χ0v) is 16.4. The molecule has 0 saturated carbocycles. The molecular formula is C18H18Cl3N3O2. The van der Waals surface area contributed by atoms with Gasteiger partial charge >= 0.3 is 6.03 Å². The highest BCUT2D eigenvalue weighted by Crippen LogP contribution is 2.30. The summed E-state index contributed by atoms with van der Waals surface area (Å²) in [6.07, 6.45) is 0. The number of halogens is 3. The quantitative estimate of drug-likeness (QED) is 0.768. The van der Waals surface area contributed by atoms with Crippen molar-refractivity contribution in [1.82, 2.24) is 4.90 Å². The van der Waals surface area contributed by atoms with E-state index in [-0.39, 0.29) is 6.03 Å². The molecule has 8 heteroatoms. The Morgan fingerprint density at radius 2 is 1.65 bits per heavy atom. The number of nitrogens with one attached hydrogen (secondary N) is 1. The third kappa shape index (κ3) is 4.29. The molecule has 3 rings (SSSR count). The molecule has 2 amide bonds. The zero-order chi connectivity index (χ0) is 18.7. The Hall–Kier alpha value is -1.82. The average molecular weight is 415 g/mol. The van der Waals surface area contributed by atoms with E-state index in [0.29, 0.717) is 52.7 Å². The number of carbonyl (C=O) groups excluding carboxylic acids is 1. The Bertz CT molecular complexity index is 808. The van der Waals surface area contributed by atoms with Crippen LogP contribution >= 0.6 is 34.8 Å².